The summed E-state index contributed by atoms with van der Waals surface area (Å²) in [6.45, 7) is -0.0237. The zero-order chi connectivity index (χ0) is 30.0. The Morgan fingerprint density at radius 1 is 1.05 bits per heavy atom. The van der Waals surface area contributed by atoms with E-state index in [2.05, 4.69) is 21.2 Å². The van der Waals surface area contributed by atoms with E-state index in [1.807, 2.05) is 54.6 Å². The molecule has 1 aliphatic rings. The van der Waals surface area contributed by atoms with Crippen molar-refractivity contribution in [2.75, 3.05) is 40.0 Å². The van der Waals surface area contributed by atoms with Crippen molar-refractivity contribution in [1.82, 2.24) is 9.62 Å². The summed E-state index contributed by atoms with van der Waals surface area (Å²) in [5.74, 6) is 0.202. The van der Waals surface area contributed by atoms with Crippen LogP contribution in [0.2, 0.25) is 0 Å². The Balaban J connectivity index is 1.42. The number of methoxy groups -OCH3 is 1. The summed E-state index contributed by atoms with van der Waals surface area (Å²) in [4.78, 5) is 13.2. The van der Waals surface area contributed by atoms with Crippen molar-refractivity contribution < 1.29 is 32.5 Å². The van der Waals surface area contributed by atoms with Crippen LogP contribution in [-0.2, 0) is 30.7 Å². The average molecular weight is 660 g/mol. The Morgan fingerprint density at radius 3 is 2.43 bits per heavy atom. The van der Waals surface area contributed by atoms with Crippen LogP contribution in [0.3, 0.4) is 0 Å². The highest BCUT2D eigenvalue weighted by atomic mass is 79.9. The highest BCUT2D eigenvalue weighted by Gasteiger charge is 2.30. The van der Waals surface area contributed by atoms with Crippen molar-refractivity contribution in [3.63, 3.8) is 0 Å². The van der Waals surface area contributed by atoms with Crippen LogP contribution in [-0.4, -0.2) is 70.0 Å². The normalized spacial score (nSPS) is 16.9. The van der Waals surface area contributed by atoms with E-state index in [-0.39, 0.29) is 48.8 Å². The van der Waals surface area contributed by atoms with Gasteiger partial charge in [-0.15, -0.1) is 0 Å². The van der Waals surface area contributed by atoms with E-state index in [4.69, 9.17) is 14.2 Å². The first kappa shape index (κ1) is 31.7. The van der Waals surface area contributed by atoms with E-state index < -0.39 is 16.3 Å². The molecule has 0 fully saturated rings. The molecule has 0 aromatic heterocycles. The topological polar surface area (TPSA) is 114 Å². The van der Waals surface area contributed by atoms with Gasteiger partial charge in [0.1, 0.15) is 5.75 Å². The molecular formula is C31H35BrN2O7S. The van der Waals surface area contributed by atoms with Gasteiger partial charge in [0, 0.05) is 36.4 Å². The fourth-order valence-electron chi connectivity index (χ4n) is 4.56. The molecule has 11 heteroatoms. The maximum atomic E-state index is 13.2. The number of amides is 1. The molecule has 3 aromatic carbocycles. The lowest BCUT2D eigenvalue weighted by Crippen LogP contribution is -2.38. The number of nitrogens with one attached hydrogen (secondary N) is 1. The third-order valence-corrected chi connectivity index (χ3v) is 9.25. The lowest BCUT2D eigenvalue weighted by Gasteiger charge is -2.30. The van der Waals surface area contributed by atoms with Crippen LogP contribution in [0.4, 0.5) is 0 Å². The van der Waals surface area contributed by atoms with Gasteiger partial charge in [0.15, 0.2) is 5.76 Å². The van der Waals surface area contributed by atoms with Crippen LogP contribution in [0.5, 0.6) is 5.75 Å². The van der Waals surface area contributed by atoms with Gasteiger partial charge in [-0.05, 0) is 60.0 Å². The van der Waals surface area contributed by atoms with Crippen molar-refractivity contribution in [3.8, 4) is 5.75 Å². The van der Waals surface area contributed by atoms with Gasteiger partial charge in [0.05, 0.1) is 25.2 Å². The Hall–Kier alpha value is -3.22. The van der Waals surface area contributed by atoms with Crippen LogP contribution in [0.1, 0.15) is 23.5 Å². The molecule has 1 aliphatic heterocycles. The summed E-state index contributed by atoms with van der Waals surface area (Å²) in [6, 6.07) is 23.7. The van der Waals surface area contributed by atoms with Crippen LogP contribution in [0.15, 0.2) is 100 Å². The molecule has 4 rings (SSSR count). The summed E-state index contributed by atoms with van der Waals surface area (Å²) in [6.07, 6.45) is 2.14. The van der Waals surface area contributed by atoms with Crippen molar-refractivity contribution in [2.24, 2.45) is 0 Å². The van der Waals surface area contributed by atoms with Crippen LogP contribution >= 0.6 is 15.9 Å². The molecule has 9 nitrogen and oxygen atoms in total. The summed E-state index contributed by atoms with van der Waals surface area (Å²) in [7, 11) is -2.39. The standard InChI is InChI=1S/C31H35BrN2O7S/c1-39-27-11-13-28(14-12-27)42(37,38)34(17-19-35)18-20-40-30-22-25(24-7-9-26(32)10-8-24)21-29(41-30)31(36)33-16-15-23-5-3-2-4-6-23/h2-14,21,25,30,35H,15-20,22H2,1H3,(H,33,36)/t25-,30+/m0/s1. The van der Waals surface area contributed by atoms with E-state index in [9.17, 15) is 18.3 Å². The van der Waals surface area contributed by atoms with Crippen LogP contribution < -0.4 is 10.1 Å². The minimum Gasteiger partial charge on any atom is -0.497 e. The summed E-state index contributed by atoms with van der Waals surface area (Å²) in [5.41, 5.74) is 2.11. The predicted molar refractivity (Wildman–Crippen MR) is 162 cm³/mol. The number of carbonyl (C=O) groups is 1. The number of rotatable bonds is 14. The SMILES string of the molecule is COc1ccc(S(=O)(=O)N(CCO)CCO[C@H]2C[C@@H](c3ccc(Br)cc3)C=C(C(=O)NCCc3ccccc3)O2)cc1. The monoisotopic (exact) mass is 658 g/mol. The lowest BCUT2D eigenvalue weighted by atomic mass is 9.93. The molecule has 0 spiro atoms. The summed E-state index contributed by atoms with van der Waals surface area (Å²) >= 11 is 3.46. The predicted octanol–water partition coefficient (Wildman–Crippen LogP) is 4.23. The van der Waals surface area contributed by atoms with Gasteiger partial charge in [-0.3, -0.25) is 4.79 Å². The minimum atomic E-state index is -3.89. The van der Waals surface area contributed by atoms with Gasteiger partial charge in [0.2, 0.25) is 16.3 Å². The second kappa shape index (κ2) is 15.3. The first-order chi connectivity index (χ1) is 20.3. The van der Waals surface area contributed by atoms with Crippen molar-refractivity contribution in [1.29, 1.82) is 0 Å². The average Bonchev–Trinajstić information content (AvgIpc) is 3.01. The molecule has 0 radical (unpaired) electrons. The zero-order valence-corrected chi connectivity index (χ0v) is 25.7. The van der Waals surface area contributed by atoms with Gasteiger partial charge in [-0.1, -0.05) is 58.4 Å². The molecule has 1 heterocycles. The van der Waals surface area contributed by atoms with Crippen molar-refractivity contribution >= 4 is 31.9 Å². The van der Waals surface area contributed by atoms with Gasteiger partial charge in [0.25, 0.3) is 5.91 Å². The first-order valence-corrected chi connectivity index (χ1v) is 15.9. The molecule has 0 aliphatic carbocycles. The number of allylic oxidation sites excluding steroid dienone is 1. The molecule has 0 unspecified atom stereocenters. The molecule has 1 amide bonds. The fraction of sp³-hybridized carbons (Fsp3) is 0.323. The molecule has 0 saturated carbocycles. The zero-order valence-electron chi connectivity index (χ0n) is 23.3. The number of nitrogens with zero attached hydrogens (tertiary/aromatic N) is 1. The minimum absolute atomic E-state index is 0.00395. The van der Waals surface area contributed by atoms with E-state index in [1.54, 1.807) is 18.2 Å². The van der Waals surface area contributed by atoms with Gasteiger partial charge in [-0.25, -0.2) is 8.42 Å². The Bertz CT molecular complexity index is 1430. The third kappa shape index (κ3) is 8.65. The lowest BCUT2D eigenvalue weighted by molar-refractivity contribution is -0.146. The van der Waals surface area contributed by atoms with E-state index in [1.165, 1.54) is 19.2 Å². The molecule has 2 N–H and O–H groups in total. The number of halogens is 1. The number of sulfonamides is 1. The van der Waals surface area contributed by atoms with Gasteiger partial charge < -0.3 is 24.6 Å². The number of hydrogen-bond acceptors (Lipinski definition) is 7. The van der Waals surface area contributed by atoms with Crippen LogP contribution in [0, 0.1) is 0 Å². The smallest absolute Gasteiger partial charge is 0.286 e. The Kier molecular flexibility index (Phi) is 11.6. The number of aliphatic hydroxyl groups excluding tert-OH is 1. The molecule has 0 saturated heterocycles. The van der Waals surface area contributed by atoms with Crippen molar-refractivity contribution in [3.05, 3.63) is 106 Å². The second-order valence-electron chi connectivity index (χ2n) is 9.64. The van der Waals surface area contributed by atoms with Gasteiger partial charge >= 0.3 is 0 Å². The Labute approximate surface area is 255 Å². The largest absolute Gasteiger partial charge is 0.497 e. The maximum Gasteiger partial charge on any atom is 0.286 e. The number of hydrogen-bond donors (Lipinski definition) is 2. The quantitative estimate of drug-likeness (QED) is 0.266. The van der Waals surface area contributed by atoms with E-state index in [0.717, 1.165) is 19.9 Å². The second-order valence-corrected chi connectivity index (χ2v) is 12.5. The van der Waals surface area contributed by atoms with Crippen LogP contribution in [0.25, 0.3) is 0 Å². The number of aliphatic hydroxyl groups is 1. The molecule has 42 heavy (non-hydrogen) atoms. The van der Waals surface area contributed by atoms with E-state index >= 15 is 0 Å². The molecular weight excluding hydrogens is 624 g/mol. The molecule has 3 aromatic rings. The molecule has 0 bridgehead atoms. The first-order valence-electron chi connectivity index (χ1n) is 13.6. The highest BCUT2D eigenvalue weighted by molar-refractivity contribution is 9.10. The summed E-state index contributed by atoms with van der Waals surface area (Å²) in [5, 5.41) is 12.5. The highest BCUT2D eigenvalue weighted by Crippen LogP contribution is 2.32. The van der Waals surface area contributed by atoms with Crippen molar-refractivity contribution in [2.45, 2.75) is 29.9 Å². The maximum absolute atomic E-state index is 13.2. The number of carbonyl (C=O) groups excluding carboxylic acids is 1. The van der Waals surface area contributed by atoms with E-state index in [0.29, 0.717) is 25.1 Å². The third-order valence-electron chi connectivity index (χ3n) is 6.81. The molecule has 224 valence electrons. The molecule has 2 atom stereocenters. The number of benzene rings is 3. The summed E-state index contributed by atoms with van der Waals surface area (Å²) < 4.78 is 45.6. The van der Waals surface area contributed by atoms with Gasteiger partial charge in [-0.2, -0.15) is 4.31 Å². The Morgan fingerprint density at radius 2 is 1.76 bits per heavy atom. The number of ether oxygens (including phenoxy) is 3. The fourth-order valence-corrected chi connectivity index (χ4v) is 6.24.